The van der Waals surface area contributed by atoms with Crippen LogP contribution in [0.1, 0.15) is 29.8 Å². The molecule has 5 heterocycles. The van der Waals surface area contributed by atoms with Gasteiger partial charge in [-0.15, -0.1) is 0 Å². The third-order valence-corrected chi connectivity index (χ3v) is 7.72. The van der Waals surface area contributed by atoms with Crippen LogP contribution in [0, 0.1) is 11.3 Å². The summed E-state index contributed by atoms with van der Waals surface area (Å²) in [4.78, 5) is 7.56. The van der Waals surface area contributed by atoms with Gasteiger partial charge in [0.2, 0.25) is 0 Å². The van der Waals surface area contributed by atoms with Gasteiger partial charge in [-0.1, -0.05) is 6.07 Å². The second-order valence-corrected chi connectivity index (χ2v) is 9.68. The minimum absolute atomic E-state index is 0.212. The lowest BCUT2D eigenvalue weighted by Crippen LogP contribution is -2.51. The van der Waals surface area contributed by atoms with E-state index in [9.17, 15) is 5.26 Å². The highest BCUT2D eigenvalue weighted by Crippen LogP contribution is 2.41. The molecule has 8 heteroatoms. The summed E-state index contributed by atoms with van der Waals surface area (Å²) in [6, 6.07) is 16.0. The Morgan fingerprint density at radius 2 is 2.03 bits per heavy atom. The molecule has 6 rings (SSSR count). The van der Waals surface area contributed by atoms with E-state index < -0.39 is 0 Å². The SMILES string of the molecule is COC1CNCCN(c2ccc3c(c2)CN2C(C)CN(c4ccc(C#N)n5nccc45)CC32)C1. The topological polar surface area (TPSA) is 72.1 Å². The smallest absolute Gasteiger partial charge is 0.142 e. The van der Waals surface area contributed by atoms with E-state index in [-0.39, 0.29) is 6.10 Å². The van der Waals surface area contributed by atoms with Crippen LogP contribution >= 0.6 is 0 Å². The van der Waals surface area contributed by atoms with E-state index in [1.165, 1.54) is 16.8 Å². The normalized spacial score (nSPS) is 25.1. The van der Waals surface area contributed by atoms with Gasteiger partial charge < -0.3 is 19.9 Å². The number of ether oxygens (including phenoxy) is 1. The van der Waals surface area contributed by atoms with E-state index in [1.807, 2.05) is 12.1 Å². The van der Waals surface area contributed by atoms with E-state index in [2.05, 4.69) is 62.4 Å². The van der Waals surface area contributed by atoms with Crippen LogP contribution in [0.4, 0.5) is 11.4 Å². The molecule has 3 aromatic rings. The van der Waals surface area contributed by atoms with Crippen molar-refractivity contribution in [2.75, 3.05) is 56.2 Å². The molecule has 1 N–H and O–H groups in total. The molecule has 0 bridgehead atoms. The number of methoxy groups -OCH3 is 1. The summed E-state index contributed by atoms with van der Waals surface area (Å²) in [5.74, 6) is 0. The lowest BCUT2D eigenvalue weighted by molar-refractivity contribution is 0.112. The van der Waals surface area contributed by atoms with Gasteiger partial charge in [-0.25, -0.2) is 4.52 Å². The fourth-order valence-corrected chi connectivity index (χ4v) is 5.93. The Kier molecular flexibility index (Phi) is 5.41. The van der Waals surface area contributed by atoms with Crippen LogP contribution in [0.3, 0.4) is 0 Å². The molecule has 0 radical (unpaired) electrons. The van der Waals surface area contributed by atoms with Gasteiger partial charge in [0.25, 0.3) is 0 Å². The van der Waals surface area contributed by atoms with E-state index >= 15 is 0 Å². The van der Waals surface area contributed by atoms with Crippen molar-refractivity contribution < 1.29 is 4.74 Å². The van der Waals surface area contributed by atoms with Gasteiger partial charge in [0.05, 0.1) is 29.5 Å². The van der Waals surface area contributed by atoms with Crippen LogP contribution in [0.5, 0.6) is 0 Å². The molecule has 176 valence electrons. The number of pyridine rings is 1. The van der Waals surface area contributed by atoms with Crippen LogP contribution in [0.25, 0.3) is 5.52 Å². The van der Waals surface area contributed by atoms with Crippen molar-refractivity contribution in [3.8, 4) is 6.07 Å². The quantitative estimate of drug-likeness (QED) is 0.648. The van der Waals surface area contributed by atoms with Crippen LogP contribution in [0.15, 0.2) is 42.6 Å². The highest BCUT2D eigenvalue weighted by molar-refractivity contribution is 5.74. The summed E-state index contributed by atoms with van der Waals surface area (Å²) in [6.45, 7) is 9.01. The van der Waals surface area contributed by atoms with Crippen LogP contribution in [-0.2, 0) is 11.3 Å². The number of nitrogens with one attached hydrogen (secondary N) is 1. The summed E-state index contributed by atoms with van der Waals surface area (Å²) < 4.78 is 7.41. The van der Waals surface area contributed by atoms with Crippen molar-refractivity contribution >= 4 is 16.9 Å². The fraction of sp³-hybridized carbons (Fsp3) is 0.462. The molecule has 2 saturated heterocycles. The van der Waals surface area contributed by atoms with Crippen LogP contribution in [0.2, 0.25) is 0 Å². The maximum absolute atomic E-state index is 9.45. The molecule has 3 atom stereocenters. The molecule has 2 aromatic heterocycles. The molecule has 0 spiro atoms. The fourth-order valence-electron chi connectivity index (χ4n) is 5.93. The van der Waals surface area contributed by atoms with Crippen molar-refractivity contribution in [3.05, 3.63) is 59.4 Å². The lowest BCUT2D eigenvalue weighted by Gasteiger charge is -2.43. The third kappa shape index (κ3) is 3.52. The Bertz CT molecular complexity index is 1250. The molecule has 0 amide bonds. The van der Waals surface area contributed by atoms with Gasteiger partial charge in [-0.2, -0.15) is 10.4 Å². The Labute approximate surface area is 200 Å². The number of fused-ring (bicyclic) bond motifs is 4. The summed E-state index contributed by atoms with van der Waals surface area (Å²) in [5.41, 5.74) is 6.88. The van der Waals surface area contributed by atoms with Gasteiger partial charge in [0.1, 0.15) is 11.8 Å². The predicted octanol–water partition coefficient (Wildman–Crippen LogP) is 2.40. The first-order chi connectivity index (χ1) is 16.7. The lowest BCUT2D eigenvalue weighted by atomic mass is 10.0. The zero-order valence-corrected chi connectivity index (χ0v) is 19.8. The number of benzene rings is 1. The zero-order valence-electron chi connectivity index (χ0n) is 19.8. The van der Waals surface area contributed by atoms with Crippen molar-refractivity contribution in [2.45, 2.75) is 31.7 Å². The first-order valence-corrected chi connectivity index (χ1v) is 12.1. The van der Waals surface area contributed by atoms with Crippen LogP contribution in [-0.4, -0.2) is 73.0 Å². The summed E-state index contributed by atoms with van der Waals surface area (Å²) in [6.07, 6.45) is 1.99. The van der Waals surface area contributed by atoms with Gasteiger partial charge in [-0.3, -0.25) is 4.90 Å². The van der Waals surface area contributed by atoms with Gasteiger partial charge >= 0.3 is 0 Å². The highest BCUT2D eigenvalue weighted by Gasteiger charge is 2.39. The second kappa shape index (κ2) is 8.58. The third-order valence-electron chi connectivity index (χ3n) is 7.72. The first kappa shape index (κ1) is 21.4. The largest absolute Gasteiger partial charge is 0.378 e. The number of piperazine rings is 1. The Hall–Kier alpha value is -3.12. The predicted molar refractivity (Wildman–Crippen MR) is 132 cm³/mol. The van der Waals surface area contributed by atoms with Gasteiger partial charge in [0.15, 0.2) is 0 Å². The summed E-state index contributed by atoms with van der Waals surface area (Å²) >= 11 is 0. The minimum Gasteiger partial charge on any atom is -0.378 e. The van der Waals surface area contributed by atoms with Crippen LogP contribution < -0.4 is 15.1 Å². The highest BCUT2D eigenvalue weighted by atomic mass is 16.5. The first-order valence-electron chi connectivity index (χ1n) is 12.1. The molecular formula is C26H31N7O. The maximum atomic E-state index is 9.45. The number of nitrogens with zero attached hydrogens (tertiary/aromatic N) is 6. The summed E-state index contributed by atoms with van der Waals surface area (Å²) in [5, 5.41) is 17.3. The standard InChI is InChI=1S/C26H31N7O/c1-18-14-31(24-6-4-21(12-27)33-25(24)7-8-29-33)17-26-23-5-3-20(11-19(23)15-32(18)26)30-10-9-28-13-22(16-30)34-2/h3-8,11,18,22,26,28H,9-10,13-17H2,1-2H3. The monoisotopic (exact) mass is 457 g/mol. The van der Waals surface area contributed by atoms with Crippen molar-refractivity contribution in [2.24, 2.45) is 0 Å². The Morgan fingerprint density at radius 1 is 1.12 bits per heavy atom. The van der Waals surface area contributed by atoms with Crippen molar-refractivity contribution in [3.63, 3.8) is 0 Å². The number of rotatable bonds is 3. The molecule has 2 fully saturated rings. The van der Waals surface area contributed by atoms with Crippen molar-refractivity contribution in [1.29, 1.82) is 5.26 Å². The molecule has 3 aliphatic rings. The molecule has 34 heavy (non-hydrogen) atoms. The average Bonchev–Trinajstić information content (AvgIpc) is 3.41. The van der Waals surface area contributed by atoms with Gasteiger partial charge in [0, 0.05) is 64.7 Å². The van der Waals surface area contributed by atoms with Crippen molar-refractivity contribution in [1.82, 2.24) is 19.8 Å². The Morgan fingerprint density at radius 3 is 2.88 bits per heavy atom. The maximum Gasteiger partial charge on any atom is 0.142 e. The molecule has 3 unspecified atom stereocenters. The molecule has 8 nitrogen and oxygen atoms in total. The minimum atomic E-state index is 0.212. The molecule has 1 aromatic carbocycles. The number of hydrogen-bond acceptors (Lipinski definition) is 7. The van der Waals surface area contributed by atoms with E-state index in [0.717, 1.165) is 57.0 Å². The molecule has 0 saturated carbocycles. The second-order valence-electron chi connectivity index (χ2n) is 9.68. The number of anilines is 2. The number of hydrogen-bond donors (Lipinski definition) is 1. The van der Waals surface area contributed by atoms with E-state index in [1.54, 1.807) is 17.8 Å². The van der Waals surface area contributed by atoms with E-state index in [4.69, 9.17) is 4.74 Å². The zero-order chi connectivity index (χ0) is 23.2. The van der Waals surface area contributed by atoms with Gasteiger partial charge in [-0.05, 0) is 48.4 Å². The number of aromatic nitrogens is 2. The molecule has 0 aliphatic carbocycles. The number of nitriles is 1. The summed E-state index contributed by atoms with van der Waals surface area (Å²) in [7, 11) is 1.80. The Balaban J connectivity index is 1.29. The molecular weight excluding hydrogens is 426 g/mol. The van der Waals surface area contributed by atoms with E-state index in [0.29, 0.717) is 17.8 Å². The molecule has 3 aliphatic heterocycles. The average molecular weight is 458 g/mol.